The average Bonchev–Trinajstić information content (AvgIpc) is 3.20. The third kappa shape index (κ3) is 3.73. The second-order valence-electron chi connectivity index (χ2n) is 6.05. The summed E-state index contributed by atoms with van der Waals surface area (Å²) in [4.78, 5) is 13.0. The van der Waals surface area contributed by atoms with Crippen molar-refractivity contribution in [3.05, 3.63) is 38.9 Å². The predicted octanol–water partition coefficient (Wildman–Crippen LogP) is 2.82. The quantitative estimate of drug-likeness (QED) is 0.648. The highest BCUT2D eigenvalue weighted by Gasteiger charge is 2.33. The molecule has 1 unspecified atom stereocenters. The summed E-state index contributed by atoms with van der Waals surface area (Å²) in [6.07, 6.45) is 3.99. The van der Waals surface area contributed by atoms with E-state index in [1.165, 1.54) is 32.4 Å². The fourth-order valence-corrected chi connectivity index (χ4v) is 3.22. The van der Waals surface area contributed by atoms with Crippen LogP contribution < -0.4 is 5.32 Å². The number of nitro groups is 1. The van der Waals surface area contributed by atoms with Crippen LogP contribution >= 0.6 is 11.6 Å². The molecule has 6 heteroatoms. The fourth-order valence-electron chi connectivity index (χ4n) is 3.03. The van der Waals surface area contributed by atoms with E-state index in [2.05, 4.69) is 10.2 Å². The summed E-state index contributed by atoms with van der Waals surface area (Å²) in [7, 11) is 0. The number of nitrogens with one attached hydrogen (secondary N) is 1. The van der Waals surface area contributed by atoms with Crippen LogP contribution in [-0.4, -0.2) is 35.5 Å². The predicted molar refractivity (Wildman–Crippen MR) is 82.5 cm³/mol. The standard InChI is InChI=1S/C15H20ClN3O2/c16-14-4-1-11(7-15(14)19(20)21)8-17-9-12-5-6-18(10-12)13-2-3-13/h1,4,7,12-13,17H,2-3,5-6,8-10H2. The van der Waals surface area contributed by atoms with Crippen LogP contribution in [0.4, 0.5) is 5.69 Å². The van der Waals surface area contributed by atoms with Crippen molar-refractivity contribution in [3.8, 4) is 0 Å². The zero-order valence-electron chi connectivity index (χ0n) is 11.9. The summed E-state index contributed by atoms with van der Waals surface area (Å²) in [6.45, 7) is 4.04. The smallest absolute Gasteiger partial charge is 0.288 e. The zero-order valence-corrected chi connectivity index (χ0v) is 12.7. The molecule has 2 fully saturated rings. The molecule has 1 saturated carbocycles. The van der Waals surface area contributed by atoms with Crippen LogP contribution in [0.3, 0.4) is 0 Å². The van der Waals surface area contributed by atoms with Gasteiger partial charge in [0.1, 0.15) is 5.02 Å². The maximum absolute atomic E-state index is 10.9. The van der Waals surface area contributed by atoms with Gasteiger partial charge in [0.2, 0.25) is 0 Å². The van der Waals surface area contributed by atoms with Crippen LogP contribution in [0.15, 0.2) is 18.2 Å². The van der Waals surface area contributed by atoms with Crippen molar-refractivity contribution in [2.45, 2.75) is 31.8 Å². The molecule has 0 radical (unpaired) electrons. The van der Waals surface area contributed by atoms with E-state index >= 15 is 0 Å². The molecule has 3 rings (SSSR count). The summed E-state index contributed by atoms with van der Waals surface area (Å²) in [5.74, 6) is 0.702. The van der Waals surface area contributed by atoms with Crippen molar-refractivity contribution in [2.75, 3.05) is 19.6 Å². The second-order valence-corrected chi connectivity index (χ2v) is 6.46. The minimum Gasteiger partial charge on any atom is -0.312 e. The number of benzene rings is 1. The average molecular weight is 310 g/mol. The minimum absolute atomic E-state index is 0.0169. The molecule has 21 heavy (non-hydrogen) atoms. The molecule has 1 aliphatic heterocycles. The summed E-state index contributed by atoms with van der Waals surface area (Å²) in [5.41, 5.74) is 0.889. The second kappa shape index (κ2) is 6.30. The summed E-state index contributed by atoms with van der Waals surface area (Å²) in [5, 5.41) is 14.5. The monoisotopic (exact) mass is 309 g/mol. The Morgan fingerprint density at radius 3 is 2.90 bits per heavy atom. The summed E-state index contributed by atoms with van der Waals surface area (Å²) < 4.78 is 0. The van der Waals surface area contributed by atoms with Gasteiger partial charge in [-0.1, -0.05) is 17.7 Å². The molecule has 0 spiro atoms. The van der Waals surface area contributed by atoms with Gasteiger partial charge in [0.25, 0.3) is 5.69 Å². The van der Waals surface area contributed by atoms with E-state index < -0.39 is 4.92 Å². The van der Waals surface area contributed by atoms with E-state index in [4.69, 9.17) is 11.6 Å². The van der Waals surface area contributed by atoms with Gasteiger partial charge in [-0.05, 0) is 49.9 Å². The fraction of sp³-hybridized carbons (Fsp3) is 0.600. The number of nitro benzene ring substituents is 1. The first-order chi connectivity index (χ1) is 10.1. The van der Waals surface area contributed by atoms with Gasteiger partial charge >= 0.3 is 0 Å². The Morgan fingerprint density at radius 1 is 1.38 bits per heavy atom. The Bertz CT molecular complexity index is 534. The van der Waals surface area contributed by atoms with E-state index in [-0.39, 0.29) is 10.7 Å². The molecule has 5 nitrogen and oxygen atoms in total. The number of hydrogen-bond donors (Lipinski definition) is 1. The Labute approximate surface area is 129 Å². The van der Waals surface area contributed by atoms with E-state index in [0.29, 0.717) is 12.5 Å². The van der Waals surface area contributed by atoms with Crippen LogP contribution in [0.1, 0.15) is 24.8 Å². The zero-order chi connectivity index (χ0) is 14.8. The third-order valence-electron chi connectivity index (χ3n) is 4.35. The lowest BCUT2D eigenvalue weighted by Crippen LogP contribution is -2.27. The van der Waals surface area contributed by atoms with Gasteiger partial charge in [0.05, 0.1) is 4.92 Å². The molecule has 1 atom stereocenters. The number of halogens is 1. The van der Waals surface area contributed by atoms with E-state index in [0.717, 1.165) is 18.2 Å². The van der Waals surface area contributed by atoms with Crippen LogP contribution in [-0.2, 0) is 6.54 Å². The van der Waals surface area contributed by atoms with Crippen molar-refractivity contribution in [1.82, 2.24) is 10.2 Å². The van der Waals surface area contributed by atoms with Crippen molar-refractivity contribution in [1.29, 1.82) is 0 Å². The molecular formula is C15H20ClN3O2. The number of hydrogen-bond acceptors (Lipinski definition) is 4. The van der Waals surface area contributed by atoms with E-state index in [9.17, 15) is 10.1 Å². The van der Waals surface area contributed by atoms with Crippen LogP contribution in [0, 0.1) is 16.0 Å². The molecule has 1 aromatic carbocycles. The van der Waals surface area contributed by atoms with E-state index in [1.807, 2.05) is 6.07 Å². The van der Waals surface area contributed by atoms with Crippen LogP contribution in [0.5, 0.6) is 0 Å². The van der Waals surface area contributed by atoms with Crippen LogP contribution in [0.25, 0.3) is 0 Å². The Hall–Kier alpha value is -1.17. The molecule has 0 bridgehead atoms. The first-order valence-corrected chi connectivity index (χ1v) is 7.89. The van der Waals surface area contributed by atoms with Crippen LogP contribution in [0.2, 0.25) is 5.02 Å². The maximum Gasteiger partial charge on any atom is 0.288 e. The summed E-state index contributed by atoms with van der Waals surface area (Å²) in [6, 6.07) is 5.85. The van der Waals surface area contributed by atoms with Gasteiger partial charge in [-0.2, -0.15) is 0 Å². The molecule has 1 aromatic rings. The lowest BCUT2D eigenvalue weighted by molar-refractivity contribution is -0.384. The highest BCUT2D eigenvalue weighted by molar-refractivity contribution is 6.32. The molecular weight excluding hydrogens is 290 g/mol. The summed E-state index contributed by atoms with van der Waals surface area (Å²) >= 11 is 5.81. The van der Waals surface area contributed by atoms with Gasteiger partial charge in [0.15, 0.2) is 0 Å². The number of nitrogens with zero attached hydrogens (tertiary/aromatic N) is 2. The Balaban J connectivity index is 1.47. The van der Waals surface area contributed by atoms with Crippen molar-refractivity contribution in [3.63, 3.8) is 0 Å². The number of likely N-dealkylation sites (tertiary alicyclic amines) is 1. The van der Waals surface area contributed by atoms with Crippen molar-refractivity contribution >= 4 is 17.3 Å². The topological polar surface area (TPSA) is 58.4 Å². The van der Waals surface area contributed by atoms with Crippen molar-refractivity contribution in [2.24, 2.45) is 5.92 Å². The highest BCUT2D eigenvalue weighted by atomic mass is 35.5. The lowest BCUT2D eigenvalue weighted by atomic mass is 10.1. The lowest BCUT2D eigenvalue weighted by Gasteiger charge is -2.15. The molecule has 0 amide bonds. The Kier molecular flexibility index (Phi) is 4.42. The first-order valence-electron chi connectivity index (χ1n) is 7.51. The molecule has 1 saturated heterocycles. The van der Waals surface area contributed by atoms with Gasteiger partial charge in [-0.3, -0.25) is 10.1 Å². The highest BCUT2D eigenvalue weighted by Crippen LogP contribution is 2.31. The molecule has 2 aliphatic rings. The Morgan fingerprint density at radius 2 is 2.19 bits per heavy atom. The maximum atomic E-state index is 10.9. The molecule has 1 N–H and O–H groups in total. The van der Waals surface area contributed by atoms with Gasteiger partial charge in [-0.15, -0.1) is 0 Å². The van der Waals surface area contributed by atoms with Gasteiger partial charge in [-0.25, -0.2) is 0 Å². The van der Waals surface area contributed by atoms with Gasteiger partial charge < -0.3 is 10.2 Å². The molecule has 1 aliphatic carbocycles. The van der Waals surface area contributed by atoms with E-state index in [1.54, 1.807) is 12.1 Å². The molecule has 114 valence electrons. The first kappa shape index (κ1) is 14.8. The SMILES string of the molecule is O=[N+]([O-])c1cc(CNCC2CCN(C3CC3)C2)ccc1Cl. The third-order valence-corrected chi connectivity index (χ3v) is 4.67. The van der Waals surface area contributed by atoms with Gasteiger partial charge in [0, 0.05) is 25.2 Å². The largest absolute Gasteiger partial charge is 0.312 e. The molecule has 0 aromatic heterocycles. The minimum atomic E-state index is -0.434. The normalized spacial score (nSPS) is 22.6. The molecule has 1 heterocycles. The van der Waals surface area contributed by atoms with Crippen molar-refractivity contribution < 1.29 is 4.92 Å². The number of rotatable bonds is 6.